The highest BCUT2D eigenvalue weighted by Gasteiger charge is 2.57. The van der Waals surface area contributed by atoms with Gasteiger partial charge in [-0.3, -0.25) is 4.21 Å². The maximum Gasteiger partial charge on any atom is 0.453 e. The van der Waals surface area contributed by atoms with Gasteiger partial charge in [0.25, 0.3) is 0 Å². The Kier molecular flexibility index (Phi) is 13.8. The van der Waals surface area contributed by atoms with E-state index >= 15 is 0 Å². The number of rotatable bonds is 15. The van der Waals surface area contributed by atoms with E-state index in [-0.39, 0.29) is 23.4 Å². The van der Waals surface area contributed by atoms with Gasteiger partial charge in [0, 0.05) is 55.0 Å². The highest BCUT2D eigenvalue weighted by molar-refractivity contribution is 7.84. The van der Waals surface area contributed by atoms with E-state index in [1.165, 1.54) is 11.1 Å². The third kappa shape index (κ3) is 9.66. The van der Waals surface area contributed by atoms with Gasteiger partial charge in [-0.25, -0.2) is 4.79 Å². The van der Waals surface area contributed by atoms with Crippen molar-refractivity contribution in [3.8, 4) is 5.75 Å². The third-order valence-corrected chi connectivity index (χ3v) is 15.9. The summed E-state index contributed by atoms with van der Waals surface area (Å²) in [6.45, 7) is 5.40. The lowest BCUT2D eigenvalue weighted by molar-refractivity contribution is -0.284. The summed E-state index contributed by atoms with van der Waals surface area (Å²) in [6, 6.07) is 6.34. The molecule has 1 aromatic rings. The molecule has 4 fully saturated rings. The van der Waals surface area contributed by atoms with Gasteiger partial charge < -0.3 is 19.5 Å². The monoisotopic (exact) mass is 787 g/mol. The molecule has 2 aliphatic heterocycles. The van der Waals surface area contributed by atoms with Gasteiger partial charge in [-0.05, 0) is 135 Å². The maximum absolute atomic E-state index is 13.3. The fourth-order valence-electron chi connectivity index (χ4n) is 11.0. The zero-order valence-electron chi connectivity index (χ0n) is 32.1. The second-order valence-electron chi connectivity index (χ2n) is 17.6. The molecule has 1 amide bonds. The Labute approximate surface area is 321 Å². The smallest absolute Gasteiger partial charge is 0.410 e. The first-order valence-electron chi connectivity index (χ1n) is 20.9. The number of fused-ring (bicyclic) bond motifs is 5. The van der Waals surface area contributed by atoms with Crippen molar-refractivity contribution in [2.24, 2.45) is 28.6 Å². The molecule has 1 aromatic carbocycles. The maximum atomic E-state index is 13.3. The molecular weight excluding hydrogens is 726 g/mol. The van der Waals surface area contributed by atoms with Gasteiger partial charge in [0.05, 0.1) is 6.10 Å². The summed E-state index contributed by atoms with van der Waals surface area (Å²) >= 11 is 0. The van der Waals surface area contributed by atoms with E-state index in [4.69, 9.17) is 9.47 Å². The SMILES string of the molecule is CC12CCC3c4ccc(OC(=O)N5CCC6(CCOCC6)CC5)cc4CC(CCCCCCCCCS(=O)CCCC(F)(F)C(F)(F)F)C3C1CCC2O. The summed E-state index contributed by atoms with van der Waals surface area (Å²) < 4.78 is 86.9. The second kappa shape index (κ2) is 17.8. The Hall–Kier alpha value is -1.79. The molecule has 2 heterocycles. The number of aliphatic hydroxyl groups excluding tert-OH is 1. The summed E-state index contributed by atoms with van der Waals surface area (Å²) in [5.74, 6) is -1.87. The number of benzene rings is 1. The number of amides is 1. The molecule has 6 rings (SSSR count). The number of ether oxygens (including phenoxy) is 2. The largest absolute Gasteiger partial charge is 0.453 e. The third-order valence-electron chi connectivity index (χ3n) is 14.4. The topological polar surface area (TPSA) is 76.1 Å². The summed E-state index contributed by atoms with van der Waals surface area (Å²) in [6.07, 6.45) is 9.48. The van der Waals surface area contributed by atoms with Crippen molar-refractivity contribution in [2.75, 3.05) is 37.8 Å². The molecular formula is C42H62F5NO5S. The minimum absolute atomic E-state index is 0.0259. The number of unbranched alkanes of at least 4 members (excludes halogenated alkanes) is 6. The number of piperidine rings is 1. The second-order valence-corrected chi connectivity index (χ2v) is 19.3. The van der Waals surface area contributed by atoms with Crippen LogP contribution in [0.3, 0.4) is 0 Å². The summed E-state index contributed by atoms with van der Waals surface area (Å²) in [5.41, 5.74) is 2.99. The Balaban J connectivity index is 0.966. The summed E-state index contributed by atoms with van der Waals surface area (Å²) in [4.78, 5) is 15.2. The number of hydrogen-bond donors (Lipinski definition) is 1. The molecule has 7 atom stereocenters. The van der Waals surface area contributed by atoms with Crippen molar-refractivity contribution < 1.29 is 45.5 Å². The molecule has 2 saturated carbocycles. The standard InChI is InChI=1S/C42H62F5NO5S/c1-39-17-15-34-33-12-11-32(53-38(50)48-22-18-40(19-23-48)20-24-52-25-21-40)29-31(33)28-30(37(34)35(39)13-14-36(39)49)10-7-5-3-2-4-6-8-26-54(51)27-9-16-41(43,44)42(45,46)47/h11-12,29-30,34-37,49H,2-10,13-28H2,1H3. The minimum atomic E-state index is -5.56. The molecule has 7 unspecified atom stereocenters. The first-order chi connectivity index (χ1) is 25.7. The van der Waals surface area contributed by atoms with E-state index in [2.05, 4.69) is 19.1 Å². The lowest BCUT2D eigenvalue weighted by Crippen LogP contribution is -2.47. The van der Waals surface area contributed by atoms with Crippen LogP contribution >= 0.6 is 0 Å². The molecule has 0 bridgehead atoms. The van der Waals surface area contributed by atoms with E-state index in [0.717, 1.165) is 129 Å². The van der Waals surface area contributed by atoms with Crippen molar-refractivity contribution in [2.45, 2.75) is 153 Å². The van der Waals surface area contributed by atoms with Crippen LogP contribution in [0.5, 0.6) is 5.75 Å². The zero-order valence-corrected chi connectivity index (χ0v) is 32.9. The summed E-state index contributed by atoms with van der Waals surface area (Å²) in [7, 11) is -1.38. The minimum Gasteiger partial charge on any atom is -0.410 e. The first kappa shape index (κ1) is 41.8. The molecule has 1 N–H and O–H groups in total. The number of alkyl halides is 5. The fraction of sp³-hybridized carbons (Fsp3) is 0.833. The molecule has 306 valence electrons. The van der Waals surface area contributed by atoms with Crippen molar-refractivity contribution in [1.29, 1.82) is 0 Å². The first-order valence-corrected chi connectivity index (χ1v) is 22.4. The zero-order chi connectivity index (χ0) is 38.6. The Morgan fingerprint density at radius 2 is 1.57 bits per heavy atom. The number of halogens is 5. The van der Waals surface area contributed by atoms with Gasteiger partial charge in [0.2, 0.25) is 0 Å². The van der Waals surface area contributed by atoms with Crippen LogP contribution in [-0.2, 0) is 22.0 Å². The van der Waals surface area contributed by atoms with E-state index in [0.29, 0.717) is 47.0 Å². The van der Waals surface area contributed by atoms with Crippen molar-refractivity contribution in [1.82, 2.24) is 4.90 Å². The van der Waals surface area contributed by atoms with Gasteiger partial charge in [-0.2, -0.15) is 22.0 Å². The van der Waals surface area contributed by atoms with Crippen LogP contribution in [-0.4, -0.2) is 76.3 Å². The van der Waals surface area contributed by atoms with Crippen LogP contribution in [0.2, 0.25) is 0 Å². The molecule has 54 heavy (non-hydrogen) atoms. The number of nitrogens with zero attached hydrogens (tertiary/aromatic N) is 1. The molecule has 3 aliphatic carbocycles. The van der Waals surface area contributed by atoms with Crippen LogP contribution in [0.25, 0.3) is 0 Å². The van der Waals surface area contributed by atoms with Crippen molar-refractivity contribution in [3.05, 3.63) is 29.3 Å². The van der Waals surface area contributed by atoms with Crippen LogP contribution in [0.1, 0.15) is 140 Å². The van der Waals surface area contributed by atoms with Crippen LogP contribution in [0.15, 0.2) is 18.2 Å². The van der Waals surface area contributed by atoms with E-state index in [1.807, 2.05) is 11.0 Å². The molecule has 6 nitrogen and oxygen atoms in total. The number of aliphatic hydroxyl groups is 1. The predicted molar refractivity (Wildman–Crippen MR) is 200 cm³/mol. The number of hydrogen-bond acceptors (Lipinski definition) is 5. The molecule has 1 spiro atoms. The van der Waals surface area contributed by atoms with Crippen molar-refractivity contribution >= 4 is 16.9 Å². The number of likely N-dealkylation sites (tertiary alicyclic amines) is 1. The molecule has 0 aromatic heterocycles. The van der Waals surface area contributed by atoms with Crippen molar-refractivity contribution in [3.63, 3.8) is 0 Å². The molecule has 0 radical (unpaired) electrons. The quantitative estimate of drug-likeness (QED) is 0.142. The van der Waals surface area contributed by atoms with Crippen LogP contribution < -0.4 is 4.74 Å². The van der Waals surface area contributed by atoms with Gasteiger partial charge in [0.1, 0.15) is 5.75 Å². The fourth-order valence-corrected chi connectivity index (χ4v) is 12.2. The van der Waals surface area contributed by atoms with Gasteiger partial charge in [-0.15, -0.1) is 0 Å². The Morgan fingerprint density at radius 3 is 2.28 bits per heavy atom. The van der Waals surface area contributed by atoms with Crippen LogP contribution in [0.4, 0.5) is 26.7 Å². The van der Waals surface area contributed by atoms with Crippen LogP contribution in [0, 0.1) is 28.6 Å². The number of carbonyl (C=O) groups is 1. The molecule has 12 heteroatoms. The average Bonchev–Trinajstić information content (AvgIpc) is 3.44. The Morgan fingerprint density at radius 1 is 0.907 bits per heavy atom. The number of carbonyl (C=O) groups excluding carboxylic acids is 1. The highest BCUT2D eigenvalue weighted by Crippen LogP contribution is 2.63. The molecule has 2 saturated heterocycles. The van der Waals surface area contributed by atoms with E-state index in [9.17, 15) is 36.1 Å². The van der Waals surface area contributed by atoms with Gasteiger partial charge >= 0.3 is 18.2 Å². The lowest BCUT2D eigenvalue weighted by atomic mass is 9.52. The highest BCUT2D eigenvalue weighted by atomic mass is 32.2. The van der Waals surface area contributed by atoms with Gasteiger partial charge in [0.15, 0.2) is 0 Å². The lowest BCUT2D eigenvalue weighted by Gasteiger charge is -2.53. The Bertz CT molecular complexity index is 1430. The van der Waals surface area contributed by atoms with Gasteiger partial charge in [-0.1, -0.05) is 51.5 Å². The normalized spacial score (nSPS) is 30.1. The van der Waals surface area contributed by atoms with E-state index in [1.54, 1.807) is 0 Å². The predicted octanol–water partition coefficient (Wildman–Crippen LogP) is 10.4. The summed E-state index contributed by atoms with van der Waals surface area (Å²) in [5, 5.41) is 11.1. The average molecular weight is 788 g/mol. The van der Waals surface area contributed by atoms with E-state index < -0.39 is 35.7 Å². The molecule has 5 aliphatic rings.